The normalized spacial score (nSPS) is 10.7. The summed E-state index contributed by atoms with van der Waals surface area (Å²) in [7, 11) is 1.49. The van der Waals surface area contributed by atoms with Gasteiger partial charge in [-0.25, -0.2) is 0 Å². The smallest absolute Gasteiger partial charge is 0.244 e. The summed E-state index contributed by atoms with van der Waals surface area (Å²) in [5.41, 5.74) is 3.21. The summed E-state index contributed by atoms with van der Waals surface area (Å²) in [5.74, 6) is 0.309. The van der Waals surface area contributed by atoms with Crippen LogP contribution in [0.15, 0.2) is 48.5 Å². The predicted molar refractivity (Wildman–Crippen MR) is 91.6 cm³/mol. The molecule has 0 spiro atoms. The second kappa shape index (κ2) is 8.03. The van der Waals surface area contributed by atoms with Crippen LogP contribution in [0.1, 0.15) is 16.7 Å². The van der Waals surface area contributed by atoms with Crippen molar-refractivity contribution in [2.24, 2.45) is 0 Å². The molecule has 0 saturated heterocycles. The van der Waals surface area contributed by atoms with Crippen LogP contribution in [0.5, 0.6) is 11.5 Å². The minimum Gasteiger partial charge on any atom is -0.504 e. The Bertz CT molecular complexity index is 690. The summed E-state index contributed by atoms with van der Waals surface area (Å²) < 4.78 is 5.03. The number of rotatable bonds is 6. The maximum Gasteiger partial charge on any atom is 0.244 e. The molecule has 23 heavy (non-hydrogen) atoms. The van der Waals surface area contributed by atoms with E-state index in [0.717, 1.165) is 12.0 Å². The second-order valence-corrected chi connectivity index (χ2v) is 5.29. The molecule has 0 bridgehead atoms. The second-order valence-electron chi connectivity index (χ2n) is 5.29. The number of hydrogen-bond donors (Lipinski definition) is 2. The first-order chi connectivity index (χ1) is 11.1. The monoisotopic (exact) mass is 311 g/mol. The van der Waals surface area contributed by atoms with Crippen molar-refractivity contribution in [2.45, 2.75) is 13.3 Å². The summed E-state index contributed by atoms with van der Waals surface area (Å²) >= 11 is 0. The van der Waals surface area contributed by atoms with Crippen LogP contribution >= 0.6 is 0 Å². The van der Waals surface area contributed by atoms with Crippen molar-refractivity contribution in [2.75, 3.05) is 13.7 Å². The van der Waals surface area contributed by atoms with E-state index in [9.17, 15) is 9.90 Å². The molecule has 2 N–H and O–H groups in total. The number of aromatic hydroxyl groups is 1. The average Bonchev–Trinajstić information content (AvgIpc) is 2.56. The fourth-order valence-corrected chi connectivity index (χ4v) is 2.11. The molecular formula is C19H21NO3. The fraction of sp³-hybridized carbons (Fsp3) is 0.211. The van der Waals surface area contributed by atoms with Gasteiger partial charge in [0.2, 0.25) is 5.91 Å². The summed E-state index contributed by atoms with van der Waals surface area (Å²) in [6.45, 7) is 2.64. The standard InChI is InChI=1S/C19H21NO3/c1-14-3-5-15(6-4-14)11-12-20-19(22)10-8-16-7-9-17(21)18(13-16)23-2/h3-10,13,21H,11-12H2,1-2H3,(H,20,22)/b10-8+. The summed E-state index contributed by atoms with van der Waals surface area (Å²) in [6, 6.07) is 13.2. The fourth-order valence-electron chi connectivity index (χ4n) is 2.11. The molecule has 0 fully saturated rings. The summed E-state index contributed by atoms with van der Waals surface area (Å²) in [4.78, 5) is 11.8. The van der Waals surface area contributed by atoms with E-state index in [1.807, 2.05) is 0 Å². The van der Waals surface area contributed by atoms with Crippen molar-refractivity contribution in [3.05, 3.63) is 65.2 Å². The highest BCUT2D eigenvalue weighted by atomic mass is 16.5. The van der Waals surface area contributed by atoms with Gasteiger partial charge in [-0.3, -0.25) is 4.79 Å². The van der Waals surface area contributed by atoms with Crippen molar-refractivity contribution in [1.82, 2.24) is 5.32 Å². The van der Waals surface area contributed by atoms with Gasteiger partial charge in [-0.1, -0.05) is 35.9 Å². The van der Waals surface area contributed by atoms with Crippen molar-refractivity contribution >= 4 is 12.0 Å². The zero-order valence-corrected chi connectivity index (χ0v) is 13.4. The van der Waals surface area contributed by atoms with Crippen LogP contribution in [0, 0.1) is 6.92 Å². The number of phenolic OH excluding ortho intramolecular Hbond substituents is 1. The molecule has 2 rings (SSSR count). The number of phenols is 1. The third-order valence-corrected chi connectivity index (χ3v) is 3.46. The number of benzene rings is 2. The van der Waals surface area contributed by atoms with Gasteiger partial charge in [0.1, 0.15) is 0 Å². The molecule has 120 valence electrons. The van der Waals surface area contributed by atoms with Crippen LogP contribution < -0.4 is 10.1 Å². The number of methoxy groups -OCH3 is 1. The first-order valence-corrected chi connectivity index (χ1v) is 7.47. The molecule has 4 heteroatoms. The maximum atomic E-state index is 11.8. The number of carbonyl (C=O) groups excluding carboxylic acids is 1. The van der Waals surface area contributed by atoms with Crippen molar-refractivity contribution in [3.8, 4) is 11.5 Å². The third kappa shape index (κ3) is 5.18. The van der Waals surface area contributed by atoms with E-state index in [1.165, 1.54) is 30.4 Å². The minimum atomic E-state index is -0.149. The van der Waals surface area contributed by atoms with Crippen LogP contribution in [-0.2, 0) is 11.2 Å². The highest BCUT2D eigenvalue weighted by molar-refractivity contribution is 5.91. The average molecular weight is 311 g/mol. The molecule has 0 aliphatic carbocycles. The largest absolute Gasteiger partial charge is 0.504 e. The Morgan fingerprint density at radius 1 is 1.22 bits per heavy atom. The molecular weight excluding hydrogens is 290 g/mol. The lowest BCUT2D eigenvalue weighted by Gasteiger charge is -2.04. The van der Waals surface area contributed by atoms with Crippen molar-refractivity contribution in [1.29, 1.82) is 0 Å². The molecule has 0 aromatic heterocycles. The van der Waals surface area contributed by atoms with Crippen molar-refractivity contribution in [3.63, 3.8) is 0 Å². The number of amides is 1. The molecule has 2 aromatic rings. The Kier molecular flexibility index (Phi) is 5.80. The molecule has 0 heterocycles. The Labute approximate surface area is 136 Å². The van der Waals surface area contributed by atoms with Gasteiger partial charge in [0, 0.05) is 12.6 Å². The Hall–Kier alpha value is -2.75. The van der Waals surface area contributed by atoms with Crippen LogP contribution in [0.4, 0.5) is 0 Å². The molecule has 0 radical (unpaired) electrons. The van der Waals surface area contributed by atoms with Gasteiger partial charge in [-0.05, 0) is 42.7 Å². The van der Waals surface area contributed by atoms with Gasteiger partial charge in [-0.2, -0.15) is 0 Å². The quantitative estimate of drug-likeness (QED) is 0.806. The highest BCUT2D eigenvalue weighted by Crippen LogP contribution is 2.26. The van der Waals surface area contributed by atoms with Crippen LogP contribution in [0.2, 0.25) is 0 Å². The third-order valence-electron chi connectivity index (χ3n) is 3.46. The van der Waals surface area contributed by atoms with Gasteiger partial charge in [-0.15, -0.1) is 0 Å². The lowest BCUT2D eigenvalue weighted by Crippen LogP contribution is -2.23. The van der Waals surface area contributed by atoms with Crippen LogP contribution in [0.25, 0.3) is 6.08 Å². The van der Waals surface area contributed by atoms with E-state index >= 15 is 0 Å². The Morgan fingerprint density at radius 2 is 1.96 bits per heavy atom. The van der Waals surface area contributed by atoms with E-state index in [0.29, 0.717) is 12.3 Å². The van der Waals surface area contributed by atoms with Gasteiger partial charge in [0.25, 0.3) is 0 Å². The SMILES string of the molecule is COc1cc(/C=C/C(=O)NCCc2ccc(C)cc2)ccc1O. The topological polar surface area (TPSA) is 58.6 Å². The first kappa shape index (κ1) is 16.6. The van der Waals surface area contributed by atoms with Gasteiger partial charge in [0.15, 0.2) is 11.5 Å². The number of hydrogen-bond acceptors (Lipinski definition) is 3. The number of aryl methyl sites for hydroxylation is 1. The zero-order valence-electron chi connectivity index (χ0n) is 13.4. The number of ether oxygens (including phenoxy) is 1. The molecule has 0 aliphatic heterocycles. The van der Waals surface area contributed by atoms with Crippen LogP contribution in [-0.4, -0.2) is 24.7 Å². The predicted octanol–water partition coefficient (Wildman–Crippen LogP) is 3.08. The minimum absolute atomic E-state index is 0.0761. The lowest BCUT2D eigenvalue weighted by molar-refractivity contribution is -0.116. The van der Waals surface area contributed by atoms with E-state index in [1.54, 1.807) is 18.2 Å². The van der Waals surface area contributed by atoms with Crippen molar-refractivity contribution < 1.29 is 14.6 Å². The number of carbonyl (C=O) groups is 1. The molecule has 4 nitrogen and oxygen atoms in total. The molecule has 0 unspecified atom stereocenters. The first-order valence-electron chi connectivity index (χ1n) is 7.47. The molecule has 0 aliphatic rings. The van der Waals surface area contributed by atoms with Gasteiger partial charge in [0.05, 0.1) is 7.11 Å². The van der Waals surface area contributed by atoms with Gasteiger partial charge < -0.3 is 15.2 Å². The van der Waals surface area contributed by atoms with E-state index in [4.69, 9.17) is 4.74 Å². The lowest BCUT2D eigenvalue weighted by atomic mass is 10.1. The summed E-state index contributed by atoms with van der Waals surface area (Å²) in [6.07, 6.45) is 3.96. The molecule has 2 aromatic carbocycles. The van der Waals surface area contributed by atoms with Gasteiger partial charge >= 0.3 is 0 Å². The highest BCUT2D eigenvalue weighted by Gasteiger charge is 2.01. The summed E-state index contributed by atoms with van der Waals surface area (Å²) in [5, 5.41) is 12.4. The Morgan fingerprint density at radius 3 is 2.65 bits per heavy atom. The van der Waals surface area contributed by atoms with Crippen LogP contribution in [0.3, 0.4) is 0 Å². The maximum absolute atomic E-state index is 11.8. The van der Waals surface area contributed by atoms with E-state index < -0.39 is 0 Å². The Balaban J connectivity index is 1.83. The molecule has 0 atom stereocenters. The molecule has 0 saturated carbocycles. The zero-order chi connectivity index (χ0) is 16.7. The van der Waals surface area contributed by atoms with E-state index in [-0.39, 0.29) is 11.7 Å². The molecule has 1 amide bonds. The van der Waals surface area contributed by atoms with E-state index in [2.05, 4.69) is 36.5 Å². The number of nitrogens with one attached hydrogen (secondary N) is 1.